The molecule has 0 N–H and O–H groups in total. The molecule has 490 valence electrons. The van der Waals surface area contributed by atoms with E-state index in [4.69, 9.17) is 18.5 Å². The van der Waals surface area contributed by atoms with Gasteiger partial charge < -0.3 is 27.9 Å². The summed E-state index contributed by atoms with van der Waals surface area (Å²) in [6.07, 6.45) is 87.0. The summed E-state index contributed by atoms with van der Waals surface area (Å²) in [7, 11) is 1.18. The van der Waals surface area contributed by atoms with Gasteiger partial charge in [-0.25, -0.2) is 0 Å². The Hall–Kier alpha value is -2.55. The van der Waals surface area contributed by atoms with E-state index in [1.807, 2.05) is 21.1 Å². The van der Waals surface area contributed by atoms with Crippen LogP contribution < -0.4 is 4.89 Å². The van der Waals surface area contributed by atoms with E-state index in [1.165, 1.54) is 231 Å². The first kappa shape index (κ1) is 81.5. The van der Waals surface area contributed by atoms with Crippen LogP contribution in [0.15, 0.2) is 72.9 Å². The number of carbonyl (C=O) groups is 2. The summed E-state index contributed by atoms with van der Waals surface area (Å²) in [6, 6.07) is 0. The third-order valence-electron chi connectivity index (χ3n) is 15.7. The number of allylic oxidation sites excluding steroid dienone is 12. The van der Waals surface area contributed by atoms with Crippen molar-refractivity contribution in [3.8, 4) is 0 Å². The minimum Gasteiger partial charge on any atom is -0.756 e. The first-order chi connectivity index (χ1) is 41.0. The normalized spacial score (nSPS) is 13.5. The molecule has 0 spiro atoms. The van der Waals surface area contributed by atoms with Crippen LogP contribution in [0.25, 0.3) is 0 Å². The predicted octanol–water partition coefficient (Wildman–Crippen LogP) is 22.5. The van der Waals surface area contributed by atoms with E-state index in [2.05, 4.69) is 86.8 Å². The van der Waals surface area contributed by atoms with Crippen LogP contribution in [0.2, 0.25) is 0 Å². The van der Waals surface area contributed by atoms with Crippen molar-refractivity contribution in [2.24, 2.45) is 0 Å². The molecule has 84 heavy (non-hydrogen) atoms. The van der Waals surface area contributed by atoms with Crippen molar-refractivity contribution in [2.75, 3.05) is 47.5 Å². The standard InChI is InChI=1S/C74H136NO8P/c1-6-8-10-12-14-16-18-20-22-24-26-28-30-32-34-35-36-37-38-39-41-43-45-47-49-51-53-55-57-59-61-63-65-67-74(77)83-72(71-82-84(78,79)81-69-68-75(3,4)5)70-80-73(76)66-64-62-60-58-56-54-52-50-48-46-44-42-40-33-31-29-27-25-23-21-19-17-15-13-11-9-7-2/h8,10,14,16,20,22,25-28,32,34,72H,6-7,9,11-13,15,17-19,21,23-24,29-31,33,35-71H2,1-5H3/b10-8-,16-14-,22-20-,27-25-,28-26-,34-32-. The lowest BCUT2D eigenvalue weighted by atomic mass is 10.0. The number of phosphoric acid groups is 1. The second-order valence-electron chi connectivity index (χ2n) is 25.2. The van der Waals surface area contributed by atoms with Crippen LogP contribution in [0, 0.1) is 0 Å². The number of unbranched alkanes of at least 4 members (excludes halogenated alkanes) is 40. The van der Waals surface area contributed by atoms with E-state index in [-0.39, 0.29) is 32.0 Å². The average molecular weight is 1200 g/mol. The van der Waals surface area contributed by atoms with Gasteiger partial charge in [-0.15, -0.1) is 0 Å². The number of quaternary nitrogens is 1. The first-order valence-corrected chi connectivity index (χ1v) is 37.1. The van der Waals surface area contributed by atoms with Gasteiger partial charge in [0.15, 0.2) is 6.10 Å². The van der Waals surface area contributed by atoms with Gasteiger partial charge in [-0.2, -0.15) is 0 Å². The van der Waals surface area contributed by atoms with Gasteiger partial charge >= 0.3 is 11.9 Å². The Morgan fingerprint density at radius 2 is 0.679 bits per heavy atom. The van der Waals surface area contributed by atoms with Crippen LogP contribution in [0.3, 0.4) is 0 Å². The molecule has 0 amide bonds. The third kappa shape index (κ3) is 68.6. The summed E-state index contributed by atoms with van der Waals surface area (Å²) in [5.74, 6) is -0.818. The molecule has 0 aromatic carbocycles. The monoisotopic (exact) mass is 1200 g/mol. The lowest BCUT2D eigenvalue weighted by molar-refractivity contribution is -0.870. The molecule has 0 heterocycles. The zero-order chi connectivity index (χ0) is 61.2. The summed E-state index contributed by atoms with van der Waals surface area (Å²) in [5.41, 5.74) is 0. The molecule has 0 aliphatic heterocycles. The molecule has 0 saturated heterocycles. The maximum absolute atomic E-state index is 12.9. The smallest absolute Gasteiger partial charge is 0.306 e. The van der Waals surface area contributed by atoms with Crippen LogP contribution >= 0.6 is 7.82 Å². The largest absolute Gasteiger partial charge is 0.756 e. The maximum Gasteiger partial charge on any atom is 0.306 e. The second-order valence-corrected chi connectivity index (χ2v) is 26.6. The number of hydrogen-bond donors (Lipinski definition) is 0. The highest BCUT2D eigenvalue weighted by atomic mass is 31.2. The quantitative estimate of drug-likeness (QED) is 0.0195. The highest BCUT2D eigenvalue weighted by Gasteiger charge is 2.22. The number of rotatable bonds is 66. The summed E-state index contributed by atoms with van der Waals surface area (Å²) >= 11 is 0. The number of esters is 2. The van der Waals surface area contributed by atoms with E-state index in [9.17, 15) is 19.0 Å². The van der Waals surface area contributed by atoms with Crippen molar-refractivity contribution in [1.82, 2.24) is 0 Å². The Kier molecular flexibility index (Phi) is 62.9. The molecular weight excluding hydrogens is 1060 g/mol. The maximum atomic E-state index is 12.9. The zero-order valence-electron chi connectivity index (χ0n) is 55.8. The molecule has 0 aliphatic carbocycles. The Labute approximate surface area is 520 Å². The number of ether oxygens (including phenoxy) is 2. The van der Waals surface area contributed by atoms with Crippen LogP contribution in [-0.2, 0) is 32.7 Å². The fraction of sp³-hybridized carbons (Fsp3) is 0.811. The topological polar surface area (TPSA) is 111 Å². The van der Waals surface area contributed by atoms with Crippen molar-refractivity contribution >= 4 is 19.8 Å². The number of nitrogens with zero attached hydrogens (tertiary/aromatic N) is 1. The summed E-state index contributed by atoms with van der Waals surface area (Å²) in [4.78, 5) is 38.1. The van der Waals surface area contributed by atoms with Gasteiger partial charge in [0.05, 0.1) is 27.7 Å². The fourth-order valence-electron chi connectivity index (χ4n) is 10.3. The Morgan fingerprint density at radius 3 is 1.02 bits per heavy atom. The van der Waals surface area contributed by atoms with E-state index in [0.29, 0.717) is 17.4 Å². The van der Waals surface area contributed by atoms with Crippen molar-refractivity contribution in [2.45, 2.75) is 341 Å². The molecule has 0 fully saturated rings. The molecular formula is C74H136NO8P. The molecule has 0 bridgehead atoms. The van der Waals surface area contributed by atoms with Crippen molar-refractivity contribution in [3.63, 3.8) is 0 Å². The van der Waals surface area contributed by atoms with E-state index in [0.717, 1.165) is 70.6 Å². The van der Waals surface area contributed by atoms with E-state index >= 15 is 0 Å². The predicted molar refractivity (Wildman–Crippen MR) is 360 cm³/mol. The molecule has 9 nitrogen and oxygen atoms in total. The third-order valence-corrected chi connectivity index (χ3v) is 16.7. The van der Waals surface area contributed by atoms with E-state index in [1.54, 1.807) is 0 Å². The minimum absolute atomic E-state index is 0.0304. The molecule has 10 heteroatoms. The van der Waals surface area contributed by atoms with Gasteiger partial charge in [0.1, 0.15) is 19.8 Å². The molecule has 0 aromatic heterocycles. The molecule has 0 aromatic rings. The molecule has 0 radical (unpaired) electrons. The summed E-state index contributed by atoms with van der Waals surface area (Å²) < 4.78 is 34.3. The van der Waals surface area contributed by atoms with Crippen LogP contribution in [0.4, 0.5) is 0 Å². The lowest BCUT2D eigenvalue weighted by Gasteiger charge is -2.28. The molecule has 0 saturated carbocycles. The van der Waals surface area contributed by atoms with Gasteiger partial charge in [-0.3, -0.25) is 14.2 Å². The Bertz CT molecular complexity index is 1650. The molecule has 0 aliphatic rings. The van der Waals surface area contributed by atoms with Gasteiger partial charge in [0.2, 0.25) is 0 Å². The van der Waals surface area contributed by atoms with Crippen molar-refractivity contribution in [1.29, 1.82) is 0 Å². The van der Waals surface area contributed by atoms with Gasteiger partial charge in [-0.05, 0) is 83.5 Å². The number of hydrogen-bond acceptors (Lipinski definition) is 8. The highest BCUT2D eigenvalue weighted by Crippen LogP contribution is 2.38. The lowest BCUT2D eigenvalue weighted by Crippen LogP contribution is -2.37. The van der Waals surface area contributed by atoms with Gasteiger partial charge in [-0.1, -0.05) is 311 Å². The second kappa shape index (κ2) is 64.9. The summed E-state index contributed by atoms with van der Waals surface area (Å²) in [5, 5.41) is 0. The van der Waals surface area contributed by atoms with Crippen molar-refractivity contribution in [3.05, 3.63) is 72.9 Å². The number of carbonyl (C=O) groups excluding carboxylic acids is 2. The van der Waals surface area contributed by atoms with Gasteiger partial charge in [0.25, 0.3) is 7.82 Å². The van der Waals surface area contributed by atoms with Crippen LogP contribution in [0.1, 0.15) is 335 Å². The average Bonchev–Trinajstić information content (AvgIpc) is 3.61. The molecule has 0 rings (SSSR count). The van der Waals surface area contributed by atoms with Crippen LogP contribution in [0.5, 0.6) is 0 Å². The Balaban J connectivity index is 4.01. The minimum atomic E-state index is -4.64. The SMILES string of the molecule is CC/C=C\C/C=C\C/C=C\C/C=C\C/C=C\CCCCCCCCCCCCCCCCCCCC(=O)OC(COC(=O)CCCCCCCCCCCCCCCCC/C=C\CCCCCCCCCC)COP(=O)([O-])OCC[N+](C)(C)C. The van der Waals surface area contributed by atoms with Crippen LogP contribution in [-0.4, -0.2) is 70.0 Å². The number of phosphoric ester groups is 1. The molecule has 2 unspecified atom stereocenters. The highest BCUT2D eigenvalue weighted by molar-refractivity contribution is 7.45. The first-order valence-electron chi connectivity index (χ1n) is 35.6. The molecule has 2 atom stereocenters. The van der Waals surface area contributed by atoms with E-state index < -0.39 is 26.5 Å². The summed E-state index contributed by atoms with van der Waals surface area (Å²) in [6.45, 7) is 4.18. The number of likely N-dealkylation sites (N-methyl/N-ethyl adjacent to an activating group) is 1. The zero-order valence-corrected chi connectivity index (χ0v) is 56.7. The Morgan fingerprint density at radius 1 is 0.381 bits per heavy atom. The van der Waals surface area contributed by atoms with Crippen molar-refractivity contribution < 1.29 is 42.1 Å². The fourth-order valence-corrected chi connectivity index (χ4v) is 11.0. The van der Waals surface area contributed by atoms with Gasteiger partial charge in [0, 0.05) is 12.8 Å².